The van der Waals surface area contributed by atoms with Crippen LogP contribution >= 0.6 is 11.3 Å². The highest BCUT2D eigenvalue weighted by molar-refractivity contribution is 7.14. The number of nitrogens with zero attached hydrogens (tertiary/aromatic N) is 2. The summed E-state index contributed by atoms with van der Waals surface area (Å²) in [4.78, 5) is 15.4. The van der Waals surface area contributed by atoms with Crippen molar-refractivity contribution in [3.05, 3.63) is 41.0 Å². The largest absolute Gasteiger partial charge is 0.396 e. The second-order valence-corrected chi connectivity index (χ2v) is 6.06. The van der Waals surface area contributed by atoms with E-state index >= 15 is 0 Å². The van der Waals surface area contributed by atoms with E-state index in [0.29, 0.717) is 6.54 Å². The predicted octanol–water partition coefficient (Wildman–Crippen LogP) is 2.69. The molecule has 1 N–H and O–H groups in total. The normalized spacial score (nSPS) is 10.8. The lowest BCUT2D eigenvalue weighted by Crippen LogP contribution is -2.28. The smallest absolute Gasteiger partial charge is 0.256 e. The van der Waals surface area contributed by atoms with E-state index < -0.39 is 0 Å². The van der Waals surface area contributed by atoms with E-state index in [4.69, 9.17) is 5.11 Å². The lowest BCUT2D eigenvalue weighted by Gasteiger charge is -2.17. The Morgan fingerprint density at radius 2 is 2.05 bits per heavy atom. The number of amides is 1. The molecule has 0 spiro atoms. The average molecular weight is 292 g/mol. The van der Waals surface area contributed by atoms with Gasteiger partial charge in [-0.15, -0.1) is 11.3 Å². The number of rotatable bonds is 6. The van der Waals surface area contributed by atoms with Crippen LogP contribution in [0.1, 0.15) is 28.1 Å². The lowest BCUT2D eigenvalue weighted by molar-refractivity contribution is 0.0790. The van der Waals surface area contributed by atoms with Gasteiger partial charge in [-0.1, -0.05) is 0 Å². The monoisotopic (exact) mass is 292 g/mol. The van der Waals surface area contributed by atoms with Gasteiger partial charge in [-0.3, -0.25) is 4.79 Å². The first-order valence-corrected chi connectivity index (χ1v) is 7.55. The van der Waals surface area contributed by atoms with E-state index in [-0.39, 0.29) is 12.5 Å². The lowest BCUT2D eigenvalue weighted by atomic mass is 10.2. The van der Waals surface area contributed by atoms with Crippen LogP contribution in [0.4, 0.5) is 0 Å². The molecule has 0 fully saturated rings. The number of aryl methyl sites for hydroxylation is 1. The van der Waals surface area contributed by atoms with Crippen LogP contribution in [-0.4, -0.2) is 40.7 Å². The zero-order chi connectivity index (χ0) is 14.5. The van der Waals surface area contributed by atoms with Gasteiger partial charge in [0.05, 0.1) is 5.56 Å². The Balaban J connectivity index is 2.18. The highest BCUT2D eigenvalue weighted by Gasteiger charge is 2.19. The molecule has 5 heteroatoms. The molecule has 4 nitrogen and oxygen atoms in total. The molecule has 2 heterocycles. The Hall–Kier alpha value is -1.59. The fourth-order valence-electron chi connectivity index (χ4n) is 2.08. The maximum absolute atomic E-state index is 12.5. The average Bonchev–Trinajstić information content (AvgIpc) is 3.06. The van der Waals surface area contributed by atoms with Gasteiger partial charge in [0.1, 0.15) is 5.00 Å². The first kappa shape index (κ1) is 14.8. The van der Waals surface area contributed by atoms with Crippen molar-refractivity contribution < 1.29 is 9.90 Å². The van der Waals surface area contributed by atoms with Gasteiger partial charge in [0.15, 0.2) is 0 Å². The fraction of sp³-hybridized carbons (Fsp3) is 0.400. The minimum absolute atomic E-state index is 0.0380. The Labute approximate surface area is 123 Å². The number of thiophene rings is 1. The highest BCUT2D eigenvalue weighted by atomic mass is 32.1. The molecule has 0 saturated carbocycles. The van der Waals surface area contributed by atoms with Crippen LogP contribution in [0.5, 0.6) is 0 Å². The molecule has 2 rings (SSSR count). The maximum atomic E-state index is 12.5. The van der Waals surface area contributed by atoms with Gasteiger partial charge in [-0.25, -0.2) is 0 Å². The van der Waals surface area contributed by atoms with Gasteiger partial charge in [0, 0.05) is 37.5 Å². The fourth-order valence-corrected chi connectivity index (χ4v) is 3.05. The number of aromatic nitrogens is 1. The second-order valence-electron chi connectivity index (χ2n) is 4.82. The quantitative estimate of drug-likeness (QED) is 0.832. The van der Waals surface area contributed by atoms with Crippen molar-refractivity contribution in [1.82, 2.24) is 9.47 Å². The van der Waals surface area contributed by atoms with Crippen LogP contribution in [0.3, 0.4) is 0 Å². The van der Waals surface area contributed by atoms with E-state index in [1.54, 1.807) is 16.2 Å². The molecule has 1 amide bonds. The predicted molar refractivity (Wildman–Crippen MR) is 81.7 cm³/mol. The van der Waals surface area contributed by atoms with Crippen LogP contribution in [0.15, 0.2) is 30.6 Å². The van der Waals surface area contributed by atoms with Crippen molar-refractivity contribution >= 4 is 17.2 Å². The Kier molecular flexibility index (Phi) is 4.98. The molecule has 0 atom stereocenters. The summed E-state index contributed by atoms with van der Waals surface area (Å²) < 4.78 is 1.98. The standard InChI is InChI=1S/C15H20N2O2S/c1-12-11-13(14(19)16(2)7-5-6-10-18)15(20-12)17-8-3-4-9-17/h3-4,8-9,11,18H,5-7,10H2,1-2H3. The molecule has 2 aromatic heterocycles. The number of carbonyl (C=O) groups excluding carboxylic acids is 1. The SMILES string of the molecule is Cc1cc(C(=O)N(C)CCCCO)c(-n2cccc2)s1. The molecule has 0 aromatic carbocycles. The summed E-state index contributed by atoms with van der Waals surface area (Å²) in [6.45, 7) is 2.85. The molecular formula is C15H20N2O2S. The number of hydrogen-bond acceptors (Lipinski definition) is 3. The van der Waals surface area contributed by atoms with Crippen molar-refractivity contribution in [3.63, 3.8) is 0 Å². The summed E-state index contributed by atoms with van der Waals surface area (Å²) in [6.07, 6.45) is 5.45. The molecule has 0 saturated heterocycles. The molecule has 0 bridgehead atoms. The molecule has 20 heavy (non-hydrogen) atoms. The second kappa shape index (κ2) is 6.72. The van der Waals surface area contributed by atoms with E-state index in [0.717, 1.165) is 28.3 Å². The topological polar surface area (TPSA) is 45.5 Å². The van der Waals surface area contributed by atoms with Crippen molar-refractivity contribution in [1.29, 1.82) is 0 Å². The van der Waals surface area contributed by atoms with E-state index in [1.165, 1.54) is 0 Å². The summed E-state index contributed by atoms with van der Waals surface area (Å²) in [5.41, 5.74) is 0.746. The molecule has 0 aliphatic heterocycles. The summed E-state index contributed by atoms with van der Waals surface area (Å²) in [6, 6.07) is 5.85. The number of hydrogen-bond donors (Lipinski definition) is 1. The zero-order valence-corrected chi connectivity index (χ0v) is 12.7. The first-order chi connectivity index (χ1) is 9.63. The van der Waals surface area contributed by atoms with E-state index in [2.05, 4.69) is 0 Å². The Morgan fingerprint density at radius 3 is 2.70 bits per heavy atom. The Morgan fingerprint density at radius 1 is 1.35 bits per heavy atom. The van der Waals surface area contributed by atoms with E-state index in [9.17, 15) is 4.79 Å². The number of carbonyl (C=O) groups is 1. The number of aliphatic hydroxyl groups is 1. The third-order valence-electron chi connectivity index (χ3n) is 3.15. The molecule has 0 radical (unpaired) electrons. The van der Waals surface area contributed by atoms with Gasteiger partial charge < -0.3 is 14.6 Å². The number of aliphatic hydroxyl groups excluding tert-OH is 1. The van der Waals surface area contributed by atoms with E-state index in [1.807, 2.05) is 49.1 Å². The van der Waals surface area contributed by atoms with Gasteiger partial charge in [-0.05, 0) is 38.0 Å². The highest BCUT2D eigenvalue weighted by Crippen LogP contribution is 2.27. The van der Waals surface area contributed by atoms with Crippen molar-refractivity contribution in [2.75, 3.05) is 20.2 Å². The van der Waals surface area contributed by atoms with Crippen LogP contribution < -0.4 is 0 Å². The van der Waals surface area contributed by atoms with Gasteiger partial charge in [0.25, 0.3) is 5.91 Å². The molecule has 108 valence electrons. The first-order valence-electron chi connectivity index (χ1n) is 6.73. The summed E-state index contributed by atoms with van der Waals surface area (Å²) in [5, 5.41) is 9.77. The summed E-state index contributed by atoms with van der Waals surface area (Å²) in [5.74, 6) is 0.0380. The van der Waals surface area contributed by atoms with Crippen LogP contribution in [0.2, 0.25) is 0 Å². The maximum Gasteiger partial charge on any atom is 0.256 e. The Bertz CT molecular complexity index is 560. The molecular weight excluding hydrogens is 272 g/mol. The van der Waals surface area contributed by atoms with Crippen LogP contribution in [0, 0.1) is 6.92 Å². The van der Waals surface area contributed by atoms with Gasteiger partial charge in [-0.2, -0.15) is 0 Å². The molecule has 2 aromatic rings. The van der Waals surface area contributed by atoms with Crippen molar-refractivity contribution in [2.45, 2.75) is 19.8 Å². The van der Waals surface area contributed by atoms with Gasteiger partial charge >= 0.3 is 0 Å². The minimum atomic E-state index is 0.0380. The summed E-state index contributed by atoms with van der Waals surface area (Å²) >= 11 is 1.62. The summed E-state index contributed by atoms with van der Waals surface area (Å²) in [7, 11) is 1.81. The third-order valence-corrected chi connectivity index (χ3v) is 4.22. The van der Waals surface area contributed by atoms with Crippen molar-refractivity contribution in [3.8, 4) is 5.00 Å². The van der Waals surface area contributed by atoms with Crippen LogP contribution in [0.25, 0.3) is 5.00 Å². The van der Waals surface area contributed by atoms with Crippen molar-refractivity contribution in [2.24, 2.45) is 0 Å². The third kappa shape index (κ3) is 3.29. The molecule has 0 aliphatic carbocycles. The van der Waals surface area contributed by atoms with Gasteiger partial charge in [0.2, 0.25) is 0 Å². The van der Waals surface area contributed by atoms with Crippen LogP contribution in [-0.2, 0) is 0 Å². The molecule has 0 unspecified atom stereocenters. The minimum Gasteiger partial charge on any atom is -0.396 e. The number of unbranched alkanes of at least 4 members (excludes halogenated alkanes) is 1. The zero-order valence-electron chi connectivity index (χ0n) is 11.9. The molecule has 0 aliphatic rings.